The second kappa shape index (κ2) is 8.21. The number of carbonyl (C=O) groups is 1. The van der Waals surface area contributed by atoms with Crippen molar-refractivity contribution in [2.75, 3.05) is 0 Å². The number of nitrogens with one attached hydrogen (secondary N) is 1. The molecule has 3 aromatic rings. The maximum absolute atomic E-state index is 12.4. The molecule has 0 radical (unpaired) electrons. The molecule has 1 aromatic heterocycles. The minimum Gasteiger partial charge on any atom is -0.345 e. The molecule has 142 valence electrons. The number of amides is 1. The number of hydrogen-bond donors (Lipinski definition) is 1. The summed E-state index contributed by atoms with van der Waals surface area (Å²) in [5.41, 5.74) is 4.22. The van der Waals surface area contributed by atoms with Gasteiger partial charge in [0.05, 0.1) is 18.8 Å². The molecule has 5 heteroatoms. The Bertz CT molecular complexity index is 956. The summed E-state index contributed by atoms with van der Waals surface area (Å²) >= 11 is 0. The Hall–Kier alpha value is -3.21. The van der Waals surface area contributed by atoms with Gasteiger partial charge in [-0.05, 0) is 42.9 Å². The van der Waals surface area contributed by atoms with Crippen LogP contribution >= 0.6 is 0 Å². The zero-order valence-electron chi connectivity index (χ0n) is 16.0. The first-order valence-electron chi connectivity index (χ1n) is 9.66. The van der Waals surface area contributed by atoms with E-state index >= 15 is 0 Å². The minimum absolute atomic E-state index is 0.0755. The molecule has 2 aromatic carbocycles. The van der Waals surface area contributed by atoms with E-state index in [1.54, 1.807) is 16.8 Å². The van der Waals surface area contributed by atoms with Crippen LogP contribution in [0.15, 0.2) is 66.9 Å². The van der Waals surface area contributed by atoms with E-state index in [0.29, 0.717) is 18.2 Å². The van der Waals surface area contributed by atoms with E-state index in [2.05, 4.69) is 46.8 Å². The van der Waals surface area contributed by atoms with Gasteiger partial charge in [-0.15, -0.1) is 5.10 Å². The van der Waals surface area contributed by atoms with Gasteiger partial charge >= 0.3 is 0 Å². The monoisotopic (exact) mass is 372 g/mol. The predicted octanol–water partition coefficient (Wildman–Crippen LogP) is 3.92. The lowest BCUT2D eigenvalue weighted by molar-refractivity contribution is -0.117. The van der Waals surface area contributed by atoms with Crippen molar-refractivity contribution in [3.05, 3.63) is 89.3 Å². The van der Waals surface area contributed by atoms with Crippen molar-refractivity contribution in [3.63, 3.8) is 0 Å². The first-order valence-corrected chi connectivity index (χ1v) is 9.66. The average molecular weight is 372 g/mol. The van der Waals surface area contributed by atoms with Gasteiger partial charge in [-0.25, -0.2) is 4.68 Å². The number of aromatic nitrogens is 3. The fourth-order valence-corrected chi connectivity index (χ4v) is 3.28. The van der Waals surface area contributed by atoms with Crippen molar-refractivity contribution >= 4 is 12.0 Å². The Morgan fingerprint density at radius 1 is 1.18 bits per heavy atom. The molecule has 1 heterocycles. The van der Waals surface area contributed by atoms with Gasteiger partial charge in [-0.2, -0.15) is 0 Å². The number of nitrogens with zero attached hydrogens (tertiary/aromatic N) is 3. The lowest BCUT2D eigenvalue weighted by Crippen LogP contribution is -2.28. The molecule has 1 aliphatic rings. The van der Waals surface area contributed by atoms with Crippen LogP contribution in [0, 0.1) is 12.8 Å². The van der Waals surface area contributed by atoms with E-state index in [1.165, 1.54) is 11.1 Å². The fourth-order valence-electron chi connectivity index (χ4n) is 3.28. The van der Waals surface area contributed by atoms with E-state index in [4.69, 9.17) is 0 Å². The molecule has 0 aliphatic heterocycles. The number of hydrogen-bond acceptors (Lipinski definition) is 3. The van der Waals surface area contributed by atoms with Crippen LogP contribution in [-0.4, -0.2) is 20.9 Å². The summed E-state index contributed by atoms with van der Waals surface area (Å²) in [6.45, 7) is 2.73. The SMILES string of the molecule is Cc1ccc(C(NC(=O)/C=C/c2cn(Cc3ccccc3)nn2)C2CC2)cc1. The zero-order valence-corrected chi connectivity index (χ0v) is 16.0. The molecular formula is C23H24N4O. The van der Waals surface area contributed by atoms with Gasteiger partial charge in [0.1, 0.15) is 5.69 Å². The van der Waals surface area contributed by atoms with E-state index in [9.17, 15) is 4.79 Å². The molecule has 1 N–H and O–H groups in total. The summed E-state index contributed by atoms with van der Waals surface area (Å²) in [4.78, 5) is 12.4. The van der Waals surface area contributed by atoms with E-state index in [-0.39, 0.29) is 11.9 Å². The van der Waals surface area contributed by atoms with Crippen molar-refractivity contribution in [1.82, 2.24) is 20.3 Å². The smallest absolute Gasteiger partial charge is 0.244 e. The standard InChI is InChI=1S/C23H24N4O/c1-17-7-9-19(10-8-17)23(20-11-12-20)24-22(28)14-13-21-16-27(26-25-21)15-18-5-3-2-4-6-18/h2-10,13-14,16,20,23H,11-12,15H2,1H3,(H,24,28)/b14-13+. The zero-order chi connectivity index (χ0) is 19.3. The van der Waals surface area contributed by atoms with Gasteiger partial charge in [0.2, 0.25) is 5.91 Å². The Morgan fingerprint density at radius 2 is 1.93 bits per heavy atom. The molecule has 28 heavy (non-hydrogen) atoms. The topological polar surface area (TPSA) is 59.8 Å². The van der Waals surface area contributed by atoms with Crippen LogP contribution in [0.25, 0.3) is 6.08 Å². The van der Waals surface area contributed by atoms with Crippen molar-refractivity contribution in [3.8, 4) is 0 Å². The molecule has 0 bridgehead atoms. The molecule has 1 amide bonds. The van der Waals surface area contributed by atoms with Crippen LogP contribution in [0.1, 0.15) is 41.3 Å². The Labute approximate surface area is 165 Å². The normalized spacial score (nSPS) is 14.9. The summed E-state index contributed by atoms with van der Waals surface area (Å²) in [6, 6.07) is 18.6. The number of carbonyl (C=O) groups excluding carboxylic acids is 1. The first kappa shape index (κ1) is 18.2. The molecule has 0 spiro atoms. The summed E-state index contributed by atoms with van der Waals surface area (Å²) in [5, 5.41) is 11.4. The van der Waals surface area contributed by atoms with Gasteiger partial charge in [-0.3, -0.25) is 4.79 Å². The van der Waals surface area contributed by atoms with Crippen molar-refractivity contribution in [2.24, 2.45) is 5.92 Å². The van der Waals surface area contributed by atoms with Gasteiger partial charge in [0.15, 0.2) is 0 Å². The van der Waals surface area contributed by atoms with Crippen molar-refractivity contribution in [1.29, 1.82) is 0 Å². The quantitative estimate of drug-likeness (QED) is 0.640. The lowest BCUT2D eigenvalue weighted by atomic mass is 10.0. The molecule has 1 atom stereocenters. The number of aryl methyl sites for hydroxylation is 1. The summed E-state index contributed by atoms with van der Waals surface area (Å²) in [6.07, 6.45) is 7.42. The first-order chi connectivity index (χ1) is 13.7. The maximum atomic E-state index is 12.4. The van der Waals surface area contributed by atoms with Gasteiger partial charge in [-0.1, -0.05) is 65.4 Å². The van der Waals surface area contributed by atoms with Crippen LogP contribution in [0.2, 0.25) is 0 Å². The molecular weight excluding hydrogens is 348 g/mol. The van der Waals surface area contributed by atoms with Gasteiger partial charge in [0, 0.05) is 6.08 Å². The summed E-state index contributed by atoms with van der Waals surface area (Å²) < 4.78 is 1.77. The van der Waals surface area contributed by atoms with Gasteiger partial charge in [0.25, 0.3) is 0 Å². The molecule has 5 nitrogen and oxygen atoms in total. The van der Waals surface area contributed by atoms with E-state index in [1.807, 2.05) is 36.5 Å². The Morgan fingerprint density at radius 3 is 2.64 bits per heavy atom. The van der Waals surface area contributed by atoms with Crippen LogP contribution < -0.4 is 5.32 Å². The highest BCUT2D eigenvalue weighted by atomic mass is 16.1. The fraction of sp³-hybridized carbons (Fsp3) is 0.261. The highest BCUT2D eigenvalue weighted by molar-refractivity contribution is 5.91. The highest BCUT2D eigenvalue weighted by Gasteiger charge is 2.32. The molecule has 4 rings (SSSR count). The summed E-state index contributed by atoms with van der Waals surface area (Å²) in [5.74, 6) is 0.432. The van der Waals surface area contributed by atoms with E-state index < -0.39 is 0 Å². The van der Waals surface area contributed by atoms with Crippen LogP contribution in [0.3, 0.4) is 0 Å². The summed E-state index contributed by atoms with van der Waals surface area (Å²) in [7, 11) is 0. The van der Waals surface area contributed by atoms with Crippen LogP contribution in [-0.2, 0) is 11.3 Å². The Balaban J connectivity index is 1.37. The third-order valence-corrected chi connectivity index (χ3v) is 4.98. The van der Waals surface area contributed by atoms with Crippen molar-refractivity contribution < 1.29 is 4.79 Å². The second-order valence-electron chi connectivity index (χ2n) is 7.39. The second-order valence-corrected chi connectivity index (χ2v) is 7.39. The van der Waals surface area contributed by atoms with Gasteiger partial charge < -0.3 is 5.32 Å². The number of benzene rings is 2. The molecule has 1 fully saturated rings. The average Bonchev–Trinajstić information content (AvgIpc) is 3.46. The largest absolute Gasteiger partial charge is 0.345 e. The lowest BCUT2D eigenvalue weighted by Gasteiger charge is -2.18. The molecule has 1 saturated carbocycles. The van der Waals surface area contributed by atoms with Crippen molar-refractivity contribution in [2.45, 2.75) is 32.4 Å². The predicted molar refractivity (Wildman–Crippen MR) is 109 cm³/mol. The third kappa shape index (κ3) is 4.74. The minimum atomic E-state index is -0.102. The van der Waals surface area contributed by atoms with Crippen LogP contribution in [0.5, 0.6) is 0 Å². The highest BCUT2D eigenvalue weighted by Crippen LogP contribution is 2.41. The van der Waals surface area contributed by atoms with E-state index in [0.717, 1.165) is 18.4 Å². The number of rotatable bonds is 7. The molecule has 1 unspecified atom stereocenters. The Kier molecular flexibility index (Phi) is 5.33. The molecule has 1 aliphatic carbocycles. The molecule has 0 saturated heterocycles. The maximum Gasteiger partial charge on any atom is 0.244 e. The third-order valence-electron chi connectivity index (χ3n) is 4.98. The van der Waals surface area contributed by atoms with Crippen LogP contribution in [0.4, 0.5) is 0 Å².